The second-order valence-electron chi connectivity index (χ2n) is 4.93. The fourth-order valence-electron chi connectivity index (χ4n) is 2.88. The Labute approximate surface area is 108 Å². The van der Waals surface area contributed by atoms with Crippen LogP contribution in [0.5, 0.6) is 5.75 Å². The third-order valence-corrected chi connectivity index (χ3v) is 4.70. The molecule has 2 nitrogen and oxygen atoms in total. The van der Waals surface area contributed by atoms with Crippen molar-refractivity contribution in [2.75, 3.05) is 12.8 Å². The second-order valence-corrected chi connectivity index (χ2v) is 5.81. The molecule has 0 bridgehead atoms. The van der Waals surface area contributed by atoms with Crippen molar-refractivity contribution in [3.8, 4) is 5.75 Å². The van der Waals surface area contributed by atoms with Crippen molar-refractivity contribution in [1.82, 2.24) is 0 Å². The van der Waals surface area contributed by atoms with Crippen molar-refractivity contribution >= 4 is 11.8 Å². The van der Waals surface area contributed by atoms with Crippen LogP contribution in [0.15, 0.2) is 23.1 Å². The van der Waals surface area contributed by atoms with E-state index in [1.807, 2.05) is 12.1 Å². The zero-order valence-corrected chi connectivity index (χ0v) is 11.2. The zero-order valence-electron chi connectivity index (χ0n) is 10.4. The van der Waals surface area contributed by atoms with Crippen LogP contribution in [0.1, 0.15) is 37.7 Å². The van der Waals surface area contributed by atoms with Gasteiger partial charge in [-0.1, -0.05) is 19.3 Å². The van der Waals surface area contributed by atoms with Crippen molar-refractivity contribution in [3.05, 3.63) is 23.8 Å². The first-order chi connectivity index (χ1) is 8.22. The molecule has 1 saturated carbocycles. The van der Waals surface area contributed by atoms with Gasteiger partial charge in [0, 0.05) is 22.4 Å². The summed E-state index contributed by atoms with van der Waals surface area (Å²) >= 11 is 1.71. The van der Waals surface area contributed by atoms with E-state index in [9.17, 15) is 5.11 Å². The van der Waals surface area contributed by atoms with E-state index >= 15 is 0 Å². The summed E-state index contributed by atoms with van der Waals surface area (Å²) < 4.78 is 0. The molecule has 1 aromatic rings. The van der Waals surface area contributed by atoms with Crippen molar-refractivity contribution in [2.24, 2.45) is 5.73 Å². The molecule has 3 N–H and O–H groups in total. The number of hydrogen-bond donors (Lipinski definition) is 2. The van der Waals surface area contributed by atoms with Crippen LogP contribution in [-0.4, -0.2) is 17.9 Å². The molecule has 0 saturated heterocycles. The Morgan fingerprint density at radius 2 is 2.00 bits per heavy atom. The summed E-state index contributed by atoms with van der Waals surface area (Å²) in [4.78, 5) is 1.20. The van der Waals surface area contributed by atoms with Gasteiger partial charge in [-0.25, -0.2) is 0 Å². The molecule has 0 aromatic heterocycles. The van der Waals surface area contributed by atoms with Crippen LogP contribution in [-0.2, 0) is 5.41 Å². The predicted molar refractivity (Wildman–Crippen MR) is 73.7 cm³/mol. The fourth-order valence-corrected chi connectivity index (χ4v) is 3.32. The first-order valence-electron chi connectivity index (χ1n) is 6.29. The Hall–Kier alpha value is -0.670. The van der Waals surface area contributed by atoms with E-state index in [1.54, 1.807) is 11.8 Å². The molecule has 3 heteroatoms. The summed E-state index contributed by atoms with van der Waals surface area (Å²) in [5.74, 6) is 0.412. The third kappa shape index (κ3) is 2.45. The topological polar surface area (TPSA) is 46.2 Å². The monoisotopic (exact) mass is 251 g/mol. The van der Waals surface area contributed by atoms with Crippen molar-refractivity contribution in [2.45, 2.75) is 42.4 Å². The molecule has 0 spiro atoms. The highest BCUT2D eigenvalue weighted by atomic mass is 32.2. The van der Waals surface area contributed by atoms with E-state index < -0.39 is 0 Å². The third-order valence-electron chi connectivity index (χ3n) is 3.98. The minimum absolute atomic E-state index is 0.00801. The lowest BCUT2D eigenvalue weighted by atomic mass is 9.69. The van der Waals surface area contributed by atoms with E-state index in [4.69, 9.17) is 5.73 Å². The van der Waals surface area contributed by atoms with Gasteiger partial charge in [-0.15, -0.1) is 11.8 Å². The number of benzene rings is 1. The molecule has 0 amide bonds. The minimum atomic E-state index is 0.00801. The van der Waals surface area contributed by atoms with Gasteiger partial charge in [-0.3, -0.25) is 0 Å². The Balaban J connectivity index is 2.41. The Bertz CT molecular complexity index is 386. The van der Waals surface area contributed by atoms with Crippen molar-refractivity contribution in [3.63, 3.8) is 0 Å². The number of phenols is 1. The first-order valence-corrected chi connectivity index (χ1v) is 7.52. The van der Waals surface area contributed by atoms with Gasteiger partial charge in [0.25, 0.3) is 0 Å². The number of hydrogen-bond acceptors (Lipinski definition) is 3. The van der Waals surface area contributed by atoms with Gasteiger partial charge in [0.2, 0.25) is 0 Å². The summed E-state index contributed by atoms with van der Waals surface area (Å²) in [6.45, 7) is 0.637. The van der Waals surface area contributed by atoms with Crippen LogP contribution >= 0.6 is 11.8 Å². The van der Waals surface area contributed by atoms with Gasteiger partial charge in [-0.2, -0.15) is 0 Å². The van der Waals surface area contributed by atoms with Crippen LogP contribution in [0.3, 0.4) is 0 Å². The lowest BCUT2D eigenvalue weighted by Crippen LogP contribution is -2.37. The van der Waals surface area contributed by atoms with Crippen molar-refractivity contribution in [1.29, 1.82) is 0 Å². The number of thioether (sulfide) groups is 1. The van der Waals surface area contributed by atoms with Crippen LogP contribution in [0, 0.1) is 0 Å². The molecule has 1 fully saturated rings. The molecule has 0 radical (unpaired) electrons. The maximum absolute atomic E-state index is 10.1. The van der Waals surface area contributed by atoms with Gasteiger partial charge >= 0.3 is 0 Å². The SMILES string of the molecule is CSc1ccc(O)c(C2(CN)CCCCC2)c1. The van der Waals surface area contributed by atoms with Gasteiger partial charge in [-0.05, 0) is 37.3 Å². The van der Waals surface area contributed by atoms with E-state index in [1.165, 1.54) is 24.2 Å². The fraction of sp³-hybridized carbons (Fsp3) is 0.571. The summed E-state index contributed by atoms with van der Waals surface area (Å²) in [6, 6.07) is 5.90. The molecule has 0 aliphatic heterocycles. The molecular formula is C14H21NOS. The molecule has 1 aromatic carbocycles. The quantitative estimate of drug-likeness (QED) is 0.810. The summed E-state index contributed by atoms with van der Waals surface area (Å²) in [5, 5.41) is 10.1. The summed E-state index contributed by atoms with van der Waals surface area (Å²) in [6.07, 6.45) is 8.01. The number of rotatable bonds is 3. The first kappa shape index (κ1) is 12.8. The highest BCUT2D eigenvalue weighted by Crippen LogP contribution is 2.43. The van der Waals surface area contributed by atoms with E-state index in [0.717, 1.165) is 18.4 Å². The zero-order chi connectivity index (χ0) is 12.3. The van der Waals surface area contributed by atoms with Gasteiger partial charge in [0.1, 0.15) is 5.75 Å². The van der Waals surface area contributed by atoms with Crippen LogP contribution < -0.4 is 5.73 Å². The largest absolute Gasteiger partial charge is 0.508 e. The van der Waals surface area contributed by atoms with E-state index in [2.05, 4.69) is 12.3 Å². The van der Waals surface area contributed by atoms with E-state index in [-0.39, 0.29) is 5.41 Å². The molecule has 94 valence electrons. The van der Waals surface area contributed by atoms with Gasteiger partial charge in [0.15, 0.2) is 0 Å². The Morgan fingerprint density at radius 1 is 1.29 bits per heavy atom. The molecule has 0 heterocycles. The molecule has 0 atom stereocenters. The number of aromatic hydroxyl groups is 1. The average molecular weight is 251 g/mol. The molecule has 2 rings (SSSR count). The summed E-state index contributed by atoms with van der Waals surface area (Å²) in [5.41, 5.74) is 7.08. The molecule has 17 heavy (non-hydrogen) atoms. The van der Waals surface area contributed by atoms with Crippen LogP contribution in [0.4, 0.5) is 0 Å². The highest BCUT2D eigenvalue weighted by molar-refractivity contribution is 7.98. The van der Waals surface area contributed by atoms with Gasteiger partial charge < -0.3 is 10.8 Å². The second kappa shape index (κ2) is 5.32. The molecule has 1 aliphatic carbocycles. The van der Waals surface area contributed by atoms with Crippen LogP contribution in [0.25, 0.3) is 0 Å². The average Bonchev–Trinajstić information content (AvgIpc) is 2.40. The Kier molecular flexibility index (Phi) is 4.00. The maximum Gasteiger partial charge on any atom is 0.119 e. The smallest absolute Gasteiger partial charge is 0.119 e. The van der Waals surface area contributed by atoms with E-state index in [0.29, 0.717) is 12.3 Å². The normalized spacial score (nSPS) is 19.2. The minimum Gasteiger partial charge on any atom is -0.508 e. The highest BCUT2D eigenvalue weighted by Gasteiger charge is 2.34. The Morgan fingerprint density at radius 3 is 2.59 bits per heavy atom. The summed E-state index contributed by atoms with van der Waals surface area (Å²) in [7, 11) is 0. The predicted octanol–water partition coefficient (Wildman–Crippen LogP) is 3.27. The molecule has 0 unspecified atom stereocenters. The van der Waals surface area contributed by atoms with Crippen LogP contribution in [0.2, 0.25) is 0 Å². The van der Waals surface area contributed by atoms with Crippen molar-refractivity contribution < 1.29 is 5.11 Å². The lowest BCUT2D eigenvalue weighted by Gasteiger charge is -2.37. The number of nitrogens with two attached hydrogens (primary N) is 1. The maximum atomic E-state index is 10.1. The standard InChI is InChI=1S/C14H21NOS/c1-17-11-5-6-13(16)12(9-11)14(10-15)7-3-2-4-8-14/h5-6,9,16H,2-4,7-8,10,15H2,1H3. The molecular weight excluding hydrogens is 230 g/mol. The van der Waals surface area contributed by atoms with Gasteiger partial charge in [0.05, 0.1) is 0 Å². The lowest BCUT2D eigenvalue weighted by molar-refractivity contribution is 0.290. The number of phenolic OH excluding ortho intramolecular Hbond substituents is 1. The molecule has 1 aliphatic rings.